The third-order valence-electron chi connectivity index (χ3n) is 6.24. The number of aryl methyl sites for hydroxylation is 2. The van der Waals surface area contributed by atoms with Crippen LogP contribution >= 0.6 is 23.2 Å². The monoisotopic (exact) mass is 470 g/mol. The van der Waals surface area contributed by atoms with E-state index in [2.05, 4.69) is 15.5 Å². The lowest BCUT2D eigenvalue weighted by Crippen LogP contribution is -2.42. The zero-order valence-electron chi connectivity index (χ0n) is 17.8. The molecule has 3 aliphatic rings. The molecule has 1 N–H and O–H groups in total. The topological polar surface area (TPSA) is 87.8 Å². The van der Waals surface area contributed by atoms with Gasteiger partial charge in [-0.15, -0.1) is 0 Å². The van der Waals surface area contributed by atoms with Crippen molar-refractivity contribution in [3.05, 3.63) is 62.1 Å². The van der Waals surface area contributed by atoms with Gasteiger partial charge < -0.3 is 14.7 Å². The van der Waals surface area contributed by atoms with Crippen LogP contribution in [0.5, 0.6) is 0 Å². The first-order valence-electron chi connectivity index (χ1n) is 10.3. The smallest absolute Gasteiger partial charge is 0.275 e. The van der Waals surface area contributed by atoms with E-state index in [0.29, 0.717) is 56.9 Å². The van der Waals surface area contributed by atoms with Gasteiger partial charge in [0.25, 0.3) is 11.8 Å². The molecule has 164 valence electrons. The van der Waals surface area contributed by atoms with Crippen LogP contribution in [-0.4, -0.2) is 46.7 Å². The number of nitrogens with one attached hydrogen (secondary N) is 1. The first-order chi connectivity index (χ1) is 15.3. The number of amides is 2. The van der Waals surface area contributed by atoms with Crippen molar-refractivity contribution in [2.24, 2.45) is 4.99 Å². The van der Waals surface area contributed by atoms with Crippen LogP contribution in [0.15, 0.2) is 39.0 Å². The van der Waals surface area contributed by atoms with Gasteiger partial charge in [-0.1, -0.05) is 28.4 Å². The Morgan fingerprint density at radius 2 is 2.00 bits per heavy atom. The van der Waals surface area contributed by atoms with Crippen LogP contribution in [-0.2, 0) is 11.2 Å². The van der Waals surface area contributed by atoms with Gasteiger partial charge in [-0.05, 0) is 56.7 Å². The highest BCUT2D eigenvalue weighted by atomic mass is 35.5. The summed E-state index contributed by atoms with van der Waals surface area (Å²) in [7, 11) is 0. The van der Waals surface area contributed by atoms with Crippen molar-refractivity contribution in [3.63, 3.8) is 0 Å². The lowest BCUT2D eigenvalue weighted by atomic mass is 9.91. The second-order valence-electron chi connectivity index (χ2n) is 8.17. The highest BCUT2D eigenvalue weighted by Gasteiger charge is 2.35. The number of fused-ring (bicyclic) bond motifs is 2. The van der Waals surface area contributed by atoms with E-state index in [1.54, 1.807) is 24.1 Å². The third-order valence-corrected chi connectivity index (χ3v) is 6.97. The van der Waals surface area contributed by atoms with E-state index in [-0.39, 0.29) is 24.4 Å². The van der Waals surface area contributed by atoms with E-state index in [0.717, 1.165) is 16.7 Å². The Morgan fingerprint density at radius 1 is 1.22 bits per heavy atom. The van der Waals surface area contributed by atoms with Gasteiger partial charge in [0.1, 0.15) is 5.76 Å². The number of nitrogens with zero attached hydrogens (tertiary/aromatic N) is 3. The Labute approximate surface area is 194 Å². The number of halogens is 2. The number of dihydropyridines is 1. The highest BCUT2D eigenvalue weighted by Crippen LogP contribution is 2.41. The van der Waals surface area contributed by atoms with Crippen LogP contribution < -0.4 is 5.32 Å². The minimum absolute atomic E-state index is 0.126. The summed E-state index contributed by atoms with van der Waals surface area (Å²) in [6.45, 7) is 6.02. The van der Waals surface area contributed by atoms with Gasteiger partial charge in [-0.2, -0.15) is 0 Å². The molecule has 0 bridgehead atoms. The summed E-state index contributed by atoms with van der Waals surface area (Å²) in [5, 5.41) is 7.98. The van der Waals surface area contributed by atoms with E-state index in [9.17, 15) is 9.59 Å². The lowest BCUT2D eigenvalue weighted by Gasteiger charge is -2.32. The quantitative estimate of drug-likeness (QED) is 0.730. The Kier molecular flexibility index (Phi) is 4.98. The second kappa shape index (κ2) is 7.60. The number of aliphatic imine (C=N–C) groups is 1. The Hall–Kier alpha value is -2.90. The molecule has 5 rings (SSSR count). The van der Waals surface area contributed by atoms with E-state index in [4.69, 9.17) is 27.7 Å². The van der Waals surface area contributed by atoms with Gasteiger partial charge in [-0.25, -0.2) is 4.99 Å². The number of rotatable bonds is 3. The molecular formula is C23H20Cl2N4O3. The summed E-state index contributed by atoms with van der Waals surface area (Å²) in [4.78, 5) is 32.0. The summed E-state index contributed by atoms with van der Waals surface area (Å²) >= 11 is 13.4. The van der Waals surface area contributed by atoms with E-state index >= 15 is 0 Å². The molecule has 1 aromatic heterocycles. The molecule has 0 saturated carbocycles. The predicted octanol–water partition coefficient (Wildman–Crippen LogP) is 4.05. The number of carbonyl (C=O) groups is 2. The molecule has 32 heavy (non-hydrogen) atoms. The number of carbonyl (C=O) groups excluding carboxylic acids is 2. The normalized spacial score (nSPS) is 19.8. The zero-order valence-corrected chi connectivity index (χ0v) is 19.3. The molecule has 9 heteroatoms. The van der Waals surface area contributed by atoms with Crippen molar-refractivity contribution >= 4 is 40.7 Å². The fraction of sp³-hybridized carbons (Fsp3) is 0.304. The fourth-order valence-electron chi connectivity index (χ4n) is 4.64. The van der Waals surface area contributed by atoms with Gasteiger partial charge >= 0.3 is 0 Å². The zero-order chi connectivity index (χ0) is 22.7. The summed E-state index contributed by atoms with van der Waals surface area (Å²) in [6.07, 6.45) is 4.22. The molecule has 0 saturated heterocycles. The third kappa shape index (κ3) is 3.11. The molecule has 7 nitrogen and oxygen atoms in total. The molecule has 1 aromatic carbocycles. The molecule has 2 amide bonds. The summed E-state index contributed by atoms with van der Waals surface area (Å²) in [5.74, 6) is 0.0276. The minimum atomic E-state index is -0.311. The number of hydrogen-bond acceptors (Lipinski definition) is 5. The molecule has 3 aliphatic heterocycles. The SMILES string of the molecule is CC1=NC(=O)C(CN2CCc3c(Cl)cc(-c4c(C)noc4C)c(Cl)c3C2=O)=C2C=CNC12. The largest absolute Gasteiger partial charge is 0.379 e. The van der Waals surface area contributed by atoms with Crippen molar-refractivity contribution in [1.82, 2.24) is 15.4 Å². The predicted molar refractivity (Wildman–Crippen MR) is 122 cm³/mol. The maximum Gasteiger partial charge on any atom is 0.275 e. The van der Waals surface area contributed by atoms with Crippen LogP contribution in [0.1, 0.15) is 34.3 Å². The molecule has 4 heterocycles. The number of aromatic nitrogens is 1. The van der Waals surface area contributed by atoms with Gasteiger partial charge in [0.2, 0.25) is 0 Å². The molecule has 1 atom stereocenters. The molecule has 0 spiro atoms. The molecule has 2 aromatic rings. The molecule has 1 unspecified atom stereocenters. The summed E-state index contributed by atoms with van der Waals surface area (Å²) in [6, 6.07) is 1.64. The first-order valence-corrected chi connectivity index (χ1v) is 11.0. The van der Waals surface area contributed by atoms with Crippen LogP contribution in [0, 0.1) is 13.8 Å². The van der Waals surface area contributed by atoms with Crippen molar-refractivity contribution in [2.45, 2.75) is 33.2 Å². The highest BCUT2D eigenvalue weighted by molar-refractivity contribution is 6.39. The summed E-state index contributed by atoms with van der Waals surface area (Å²) < 4.78 is 5.28. The first kappa shape index (κ1) is 21.0. The van der Waals surface area contributed by atoms with Gasteiger partial charge in [0.15, 0.2) is 0 Å². The molecule has 0 fully saturated rings. The van der Waals surface area contributed by atoms with Crippen molar-refractivity contribution in [2.75, 3.05) is 13.1 Å². The van der Waals surface area contributed by atoms with Crippen LogP contribution in [0.25, 0.3) is 11.1 Å². The van der Waals surface area contributed by atoms with Crippen molar-refractivity contribution in [1.29, 1.82) is 0 Å². The van der Waals surface area contributed by atoms with Crippen LogP contribution in [0.3, 0.4) is 0 Å². The van der Waals surface area contributed by atoms with E-state index in [1.807, 2.05) is 19.9 Å². The van der Waals surface area contributed by atoms with Crippen LogP contribution in [0.2, 0.25) is 10.0 Å². The number of benzene rings is 1. The number of hydrogen-bond donors (Lipinski definition) is 1. The van der Waals surface area contributed by atoms with E-state index in [1.165, 1.54) is 0 Å². The Balaban J connectivity index is 1.55. The van der Waals surface area contributed by atoms with Crippen molar-refractivity contribution in [3.8, 4) is 11.1 Å². The average Bonchev–Trinajstić information content (AvgIpc) is 3.36. The Morgan fingerprint density at radius 3 is 2.72 bits per heavy atom. The molecule has 0 aliphatic carbocycles. The van der Waals surface area contributed by atoms with Crippen molar-refractivity contribution < 1.29 is 14.1 Å². The summed E-state index contributed by atoms with van der Waals surface area (Å²) in [5.41, 5.74) is 5.18. The average molecular weight is 471 g/mol. The van der Waals surface area contributed by atoms with Gasteiger partial charge in [0, 0.05) is 34.0 Å². The molecule has 0 radical (unpaired) electrons. The van der Waals surface area contributed by atoms with Gasteiger partial charge in [-0.3, -0.25) is 9.59 Å². The standard InChI is InChI=1S/C23H20Cl2N4O3/c1-10-18(12(3)32-28-10)15-8-17(24)14-5-7-29(23(31)19(14)20(15)25)9-16-13-4-6-26-21(13)11(2)27-22(16)30/h4,6,8,21,26H,5,7,9H2,1-3H3. The Bertz CT molecular complexity index is 1270. The molecular weight excluding hydrogens is 451 g/mol. The fourth-order valence-corrected chi connectivity index (χ4v) is 5.29. The van der Waals surface area contributed by atoms with E-state index < -0.39 is 0 Å². The van der Waals surface area contributed by atoms with Gasteiger partial charge in [0.05, 0.1) is 28.9 Å². The lowest BCUT2D eigenvalue weighted by molar-refractivity contribution is -0.114. The maximum atomic E-state index is 13.6. The minimum Gasteiger partial charge on any atom is -0.379 e. The second-order valence-corrected chi connectivity index (χ2v) is 8.96. The van der Waals surface area contributed by atoms with Crippen LogP contribution in [0.4, 0.5) is 0 Å². The maximum absolute atomic E-state index is 13.6.